The number of para-hydroxylation sites is 4. The Hall–Kier alpha value is -6.73. The van der Waals surface area contributed by atoms with Crippen LogP contribution in [0.1, 0.15) is 0 Å². The predicted octanol–water partition coefficient (Wildman–Crippen LogP) is 11.3. The van der Waals surface area contributed by atoms with Crippen molar-refractivity contribution in [3.8, 4) is 17.3 Å². The SMILES string of the molecule is CN1CN(c2cc(Oc3ccc4c5ccccc5n(-c5ccccn5)c4c3)c3oc4ccc5c6ccccc6oc5c4c3c2)c2ccccc21. The largest absolute Gasteiger partial charge is 0.455 e. The molecule has 0 atom stereocenters. The summed E-state index contributed by atoms with van der Waals surface area (Å²) in [6.45, 7) is 0.705. The summed E-state index contributed by atoms with van der Waals surface area (Å²) in [6.07, 6.45) is 1.83. The van der Waals surface area contributed by atoms with E-state index in [-0.39, 0.29) is 0 Å². The van der Waals surface area contributed by atoms with Crippen LogP contribution in [0.3, 0.4) is 0 Å². The monoisotopic (exact) mass is 648 g/mol. The lowest BCUT2D eigenvalue weighted by Gasteiger charge is -2.20. The topological polar surface area (TPSA) is 59.8 Å². The first-order valence-corrected chi connectivity index (χ1v) is 16.7. The number of pyridine rings is 1. The molecule has 0 N–H and O–H groups in total. The third-order valence-electron chi connectivity index (χ3n) is 10.0. The van der Waals surface area contributed by atoms with Crippen LogP contribution in [0.15, 0.2) is 148 Å². The van der Waals surface area contributed by atoms with Gasteiger partial charge in [0.05, 0.1) is 34.5 Å². The van der Waals surface area contributed by atoms with E-state index in [1.165, 1.54) is 5.69 Å². The zero-order chi connectivity index (χ0) is 32.9. The smallest absolute Gasteiger partial charge is 0.178 e. The van der Waals surface area contributed by atoms with Crippen molar-refractivity contribution in [2.45, 2.75) is 0 Å². The standard InChI is InChI=1S/C43H28N4O3/c1-45-25-46(35-14-6-5-13-34(35)45)26-22-32-41-38(20-19-31-30-11-3-7-15-37(30)49-43(31)41)50-42(32)39(23-26)48-27-17-18-29-28-10-2-4-12-33(28)47(36(29)24-27)40-16-8-9-21-44-40/h2-24H,25H2,1H3. The average molecular weight is 649 g/mol. The fourth-order valence-corrected chi connectivity index (χ4v) is 7.81. The molecule has 1 aliphatic heterocycles. The summed E-state index contributed by atoms with van der Waals surface area (Å²) in [4.78, 5) is 9.29. The van der Waals surface area contributed by atoms with Gasteiger partial charge in [0, 0.05) is 58.0 Å². The van der Waals surface area contributed by atoms with Crippen molar-refractivity contribution in [1.82, 2.24) is 9.55 Å². The summed E-state index contributed by atoms with van der Waals surface area (Å²) >= 11 is 0. The molecule has 0 radical (unpaired) electrons. The van der Waals surface area contributed by atoms with Crippen LogP contribution >= 0.6 is 0 Å². The number of aromatic nitrogens is 2. The van der Waals surface area contributed by atoms with Crippen LogP contribution in [-0.4, -0.2) is 23.3 Å². The zero-order valence-electron chi connectivity index (χ0n) is 27.0. The minimum Gasteiger partial charge on any atom is -0.455 e. The molecule has 50 heavy (non-hydrogen) atoms. The van der Waals surface area contributed by atoms with Gasteiger partial charge in [0.25, 0.3) is 0 Å². The van der Waals surface area contributed by atoms with Gasteiger partial charge in [-0.2, -0.15) is 0 Å². The highest BCUT2D eigenvalue weighted by molar-refractivity contribution is 6.23. The molecule has 4 aromatic heterocycles. The Labute approximate surface area is 285 Å². The van der Waals surface area contributed by atoms with Gasteiger partial charge in [-0.25, -0.2) is 4.98 Å². The van der Waals surface area contributed by atoms with E-state index in [1.54, 1.807) is 0 Å². The highest BCUT2D eigenvalue weighted by Gasteiger charge is 2.27. The quantitative estimate of drug-likeness (QED) is 0.189. The van der Waals surface area contributed by atoms with E-state index < -0.39 is 0 Å². The first-order valence-electron chi connectivity index (χ1n) is 16.7. The molecule has 0 spiro atoms. The minimum absolute atomic E-state index is 0.629. The summed E-state index contributed by atoms with van der Waals surface area (Å²) in [6, 6.07) is 45.8. The van der Waals surface area contributed by atoms with Gasteiger partial charge >= 0.3 is 0 Å². The van der Waals surface area contributed by atoms with Crippen molar-refractivity contribution in [1.29, 1.82) is 0 Å². The van der Waals surface area contributed by atoms with E-state index >= 15 is 0 Å². The lowest BCUT2D eigenvalue weighted by Crippen LogP contribution is -2.23. The van der Waals surface area contributed by atoms with Crippen LogP contribution in [0.25, 0.3) is 71.5 Å². The normalized spacial score (nSPS) is 13.1. The van der Waals surface area contributed by atoms with Crippen LogP contribution in [0.4, 0.5) is 17.1 Å². The minimum atomic E-state index is 0.629. The molecule has 0 unspecified atom stereocenters. The maximum absolute atomic E-state index is 6.90. The number of furan rings is 2. The third-order valence-corrected chi connectivity index (χ3v) is 10.0. The first-order chi connectivity index (χ1) is 24.7. The Morgan fingerprint density at radius 2 is 1.36 bits per heavy atom. The maximum atomic E-state index is 6.90. The van der Waals surface area contributed by atoms with Gasteiger partial charge in [-0.1, -0.05) is 54.6 Å². The molecule has 0 amide bonds. The van der Waals surface area contributed by atoms with Gasteiger partial charge in [-0.15, -0.1) is 0 Å². The summed E-state index contributed by atoms with van der Waals surface area (Å²) in [5.41, 5.74) is 8.51. The van der Waals surface area contributed by atoms with Crippen molar-refractivity contribution >= 4 is 82.7 Å². The summed E-state index contributed by atoms with van der Waals surface area (Å²) in [7, 11) is 2.12. The molecule has 6 aromatic carbocycles. The highest BCUT2D eigenvalue weighted by Crippen LogP contribution is 2.48. The first kappa shape index (κ1) is 27.2. The van der Waals surface area contributed by atoms with Crippen molar-refractivity contribution in [2.75, 3.05) is 23.5 Å². The van der Waals surface area contributed by atoms with Crippen molar-refractivity contribution < 1.29 is 13.6 Å². The molecule has 7 nitrogen and oxygen atoms in total. The van der Waals surface area contributed by atoms with Crippen LogP contribution < -0.4 is 14.5 Å². The Kier molecular flexibility index (Phi) is 5.52. The lowest BCUT2D eigenvalue weighted by atomic mass is 10.1. The van der Waals surface area contributed by atoms with E-state index in [2.05, 4.69) is 106 Å². The van der Waals surface area contributed by atoms with Crippen LogP contribution in [0, 0.1) is 0 Å². The number of fused-ring (bicyclic) bond motifs is 11. The number of hydrogen-bond donors (Lipinski definition) is 0. The molecule has 7 heteroatoms. The van der Waals surface area contributed by atoms with E-state index in [9.17, 15) is 0 Å². The predicted molar refractivity (Wildman–Crippen MR) is 201 cm³/mol. The van der Waals surface area contributed by atoms with Crippen LogP contribution in [-0.2, 0) is 0 Å². The van der Waals surface area contributed by atoms with Crippen LogP contribution in [0.2, 0.25) is 0 Å². The van der Waals surface area contributed by atoms with Gasteiger partial charge in [0.15, 0.2) is 11.3 Å². The molecule has 10 aromatic rings. The number of nitrogens with zero attached hydrogens (tertiary/aromatic N) is 4. The Morgan fingerprint density at radius 3 is 2.26 bits per heavy atom. The fourth-order valence-electron chi connectivity index (χ4n) is 7.81. The molecule has 0 saturated heterocycles. The molecule has 5 heterocycles. The van der Waals surface area contributed by atoms with Gasteiger partial charge < -0.3 is 23.4 Å². The molecule has 0 saturated carbocycles. The second-order valence-corrected chi connectivity index (χ2v) is 12.9. The Morgan fingerprint density at radius 1 is 0.600 bits per heavy atom. The van der Waals surface area contributed by atoms with E-state index in [0.717, 1.165) is 77.3 Å². The Bertz CT molecular complexity index is 2970. The molecule has 0 fully saturated rings. The summed E-state index contributed by atoms with van der Waals surface area (Å²) < 4.78 is 22.3. The molecular formula is C43H28N4O3. The summed E-state index contributed by atoms with van der Waals surface area (Å²) in [5, 5.41) is 6.30. The number of anilines is 3. The average Bonchev–Trinajstić information content (AvgIpc) is 3.91. The van der Waals surface area contributed by atoms with Gasteiger partial charge in [0.2, 0.25) is 0 Å². The van der Waals surface area contributed by atoms with E-state index in [0.29, 0.717) is 23.8 Å². The molecule has 0 bridgehead atoms. The van der Waals surface area contributed by atoms with E-state index in [1.807, 2.05) is 54.7 Å². The fraction of sp³-hybridized carbons (Fsp3) is 0.0465. The Balaban J connectivity index is 1.15. The number of rotatable bonds is 4. The van der Waals surface area contributed by atoms with E-state index in [4.69, 9.17) is 18.6 Å². The molecule has 11 rings (SSSR count). The summed E-state index contributed by atoms with van der Waals surface area (Å²) in [5.74, 6) is 2.18. The number of hydrogen-bond acceptors (Lipinski definition) is 6. The zero-order valence-corrected chi connectivity index (χ0v) is 27.0. The molecular weight excluding hydrogens is 620 g/mol. The second-order valence-electron chi connectivity index (χ2n) is 12.9. The molecule has 238 valence electrons. The third kappa shape index (κ3) is 3.83. The molecule has 1 aliphatic rings. The number of benzene rings is 6. The number of ether oxygens (including phenoxy) is 1. The second kappa shape index (κ2) is 10.1. The van der Waals surface area contributed by atoms with Crippen LogP contribution in [0.5, 0.6) is 11.5 Å². The van der Waals surface area contributed by atoms with Gasteiger partial charge in [-0.05, 0) is 66.7 Å². The van der Waals surface area contributed by atoms with Gasteiger partial charge in [-0.3, -0.25) is 4.57 Å². The van der Waals surface area contributed by atoms with Crippen molar-refractivity contribution in [2.24, 2.45) is 0 Å². The maximum Gasteiger partial charge on any atom is 0.178 e. The molecule has 0 aliphatic carbocycles. The van der Waals surface area contributed by atoms with Gasteiger partial charge in [0.1, 0.15) is 28.3 Å². The van der Waals surface area contributed by atoms with Crippen molar-refractivity contribution in [3.63, 3.8) is 0 Å². The highest BCUT2D eigenvalue weighted by atomic mass is 16.5. The van der Waals surface area contributed by atoms with Crippen molar-refractivity contribution in [3.05, 3.63) is 140 Å². The lowest BCUT2D eigenvalue weighted by molar-refractivity contribution is 0.477.